The van der Waals surface area contributed by atoms with Crippen LogP contribution >= 0.6 is 0 Å². The zero-order chi connectivity index (χ0) is 16.9. The molecule has 1 aromatic rings. The van der Waals surface area contributed by atoms with Gasteiger partial charge in [0.1, 0.15) is 12.4 Å². The van der Waals surface area contributed by atoms with Gasteiger partial charge in [-0.2, -0.15) is 0 Å². The molecule has 1 atom stereocenters. The predicted molar refractivity (Wildman–Crippen MR) is 91.2 cm³/mol. The van der Waals surface area contributed by atoms with E-state index >= 15 is 0 Å². The molecule has 24 heavy (non-hydrogen) atoms. The van der Waals surface area contributed by atoms with E-state index in [4.69, 9.17) is 9.47 Å². The fraction of sp³-hybridized carbons (Fsp3) is 0.556. The molecule has 0 amide bonds. The second-order valence-electron chi connectivity index (χ2n) is 6.66. The Morgan fingerprint density at radius 1 is 1.25 bits per heavy atom. The van der Waals surface area contributed by atoms with Gasteiger partial charge < -0.3 is 19.5 Å². The van der Waals surface area contributed by atoms with Crippen LogP contribution in [0.2, 0.25) is 0 Å². The van der Waals surface area contributed by atoms with Crippen LogP contribution in [0.3, 0.4) is 0 Å². The summed E-state index contributed by atoms with van der Waals surface area (Å²) in [4.78, 5) is 23.3. The summed E-state index contributed by atoms with van der Waals surface area (Å²) >= 11 is 0. The van der Waals surface area contributed by atoms with Gasteiger partial charge in [-0.15, -0.1) is 0 Å². The van der Waals surface area contributed by atoms with Crippen LogP contribution in [0, 0.1) is 17.8 Å². The molecule has 0 aliphatic heterocycles. The summed E-state index contributed by atoms with van der Waals surface area (Å²) in [5, 5.41) is 2.98. The third-order valence-electron chi connectivity index (χ3n) is 4.86. The zero-order valence-electron chi connectivity index (χ0n) is 13.9. The van der Waals surface area contributed by atoms with Gasteiger partial charge in [0, 0.05) is 0 Å². The Morgan fingerprint density at radius 3 is 2.38 bits per heavy atom. The van der Waals surface area contributed by atoms with Crippen molar-refractivity contribution in [1.29, 1.82) is 0 Å². The quantitative estimate of drug-likeness (QED) is 0.404. The van der Waals surface area contributed by atoms with Crippen molar-refractivity contribution in [2.75, 3.05) is 7.11 Å². The van der Waals surface area contributed by atoms with Gasteiger partial charge in [-0.1, -0.05) is 12.1 Å². The van der Waals surface area contributed by atoms with E-state index in [2.05, 4.69) is 5.23 Å². The second kappa shape index (κ2) is 7.84. The van der Waals surface area contributed by atoms with Crippen LogP contribution in [-0.4, -0.2) is 32.7 Å². The van der Waals surface area contributed by atoms with Gasteiger partial charge in [0.25, 0.3) is 7.41 Å². The van der Waals surface area contributed by atoms with Gasteiger partial charge >= 0.3 is 5.97 Å². The SMILES string of the molecule is COc1ccc(COC(=O)[C@H](N[B]C=O)C(C2CC2)C2CC2)cc1. The Morgan fingerprint density at radius 2 is 1.88 bits per heavy atom. The average molecular weight is 328 g/mol. The summed E-state index contributed by atoms with van der Waals surface area (Å²) in [6.07, 6.45) is 5.37. The summed E-state index contributed by atoms with van der Waals surface area (Å²) < 4.78 is 10.6. The van der Waals surface area contributed by atoms with Crippen molar-refractivity contribution in [1.82, 2.24) is 5.23 Å². The first kappa shape index (κ1) is 17.0. The highest BCUT2D eigenvalue weighted by Gasteiger charge is 2.48. The van der Waals surface area contributed by atoms with Crippen molar-refractivity contribution in [2.45, 2.75) is 38.3 Å². The van der Waals surface area contributed by atoms with Crippen LogP contribution in [0.1, 0.15) is 31.2 Å². The molecule has 0 saturated heterocycles. The van der Waals surface area contributed by atoms with Crippen molar-refractivity contribution in [3.05, 3.63) is 29.8 Å². The van der Waals surface area contributed by atoms with E-state index in [1.807, 2.05) is 24.3 Å². The first-order valence-corrected chi connectivity index (χ1v) is 8.55. The van der Waals surface area contributed by atoms with Gasteiger partial charge in [-0.3, -0.25) is 4.79 Å². The van der Waals surface area contributed by atoms with Crippen LogP contribution < -0.4 is 9.96 Å². The van der Waals surface area contributed by atoms with Crippen molar-refractivity contribution >= 4 is 19.6 Å². The Hall–Kier alpha value is -1.82. The monoisotopic (exact) mass is 328 g/mol. The molecule has 6 heteroatoms. The van der Waals surface area contributed by atoms with E-state index in [1.165, 1.54) is 33.1 Å². The molecule has 1 aromatic carbocycles. The molecule has 1 N–H and O–H groups in total. The highest BCUT2D eigenvalue weighted by molar-refractivity contribution is 6.64. The van der Waals surface area contributed by atoms with Crippen molar-refractivity contribution in [2.24, 2.45) is 17.8 Å². The Kier molecular flexibility index (Phi) is 5.56. The Balaban J connectivity index is 1.60. The second-order valence-corrected chi connectivity index (χ2v) is 6.66. The van der Waals surface area contributed by atoms with Crippen molar-refractivity contribution < 1.29 is 19.1 Å². The maximum absolute atomic E-state index is 12.6. The van der Waals surface area contributed by atoms with Crippen LogP contribution in [0.15, 0.2) is 24.3 Å². The number of nitrogens with one attached hydrogen (secondary N) is 1. The van der Waals surface area contributed by atoms with Crippen LogP contribution in [0.25, 0.3) is 0 Å². The summed E-state index contributed by atoms with van der Waals surface area (Å²) in [5.41, 5.74) is 0.914. The fourth-order valence-electron chi connectivity index (χ4n) is 3.34. The first-order valence-electron chi connectivity index (χ1n) is 8.55. The lowest BCUT2D eigenvalue weighted by atomic mass is 9.85. The van der Waals surface area contributed by atoms with E-state index < -0.39 is 6.04 Å². The third-order valence-corrected chi connectivity index (χ3v) is 4.86. The van der Waals surface area contributed by atoms with Gasteiger partial charge in [-0.05, 0) is 61.1 Å². The molecule has 0 unspecified atom stereocenters. The number of hydrogen-bond donors (Lipinski definition) is 1. The van der Waals surface area contributed by atoms with Gasteiger partial charge in [0.2, 0.25) is 0 Å². The molecule has 3 rings (SSSR count). The van der Waals surface area contributed by atoms with Crippen LogP contribution in [-0.2, 0) is 20.9 Å². The van der Waals surface area contributed by atoms with Gasteiger partial charge in [-0.25, -0.2) is 0 Å². The molecular formula is C18H23BNO4. The summed E-state index contributed by atoms with van der Waals surface area (Å²) in [7, 11) is 2.93. The Bertz CT molecular complexity index is 557. The Labute approximate surface area is 143 Å². The van der Waals surface area contributed by atoms with Crippen LogP contribution in [0.4, 0.5) is 0 Å². The lowest BCUT2D eigenvalue weighted by Gasteiger charge is -2.26. The normalized spacial score (nSPS) is 18.1. The number of rotatable bonds is 10. The van der Waals surface area contributed by atoms with Gasteiger partial charge in [0.05, 0.1) is 19.3 Å². The number of carbonyl (C=O) groups excluding carboxylic acids is 2. The molecular weight excluding hydrogens is 305 g/mol. The highest BCUT2D eigenvalue weighted by atomic mass is 16.5. The molecule has 5 nitrogen and oxygen atoms in total. The highest BCUT2D eigenvalue weighted by Crippen LogP contribution is 2.50. The number of ether oxygens (including phenoxy) is 2. The lowest BCUT2D eigenvalue weighted by Crippen LogP contribution is -2.47. The van der Waals surface area contributed by atoms with Crippen molar-refractivity contribution in [3.63, 3.8) is 0 Å². The van der Waals surface area contributed by atoms with Crippen molar-refractivity contribution in [3.8, 4) is 5.75 Å². The molecule has 2 fully saturated rings. The summed E-state index contributed by atoms with van der Waals surface area (Å²) in [6, 6.07) is 7.02. The number of benzene rings is 1. The summed E-state index contributed by atoms with van der Waals surface area (Å²) in [6.45, 7) is 0.226. The molecule has 1 radical (unpaired) electrons. The maximum Gasteiger partial charge on any atom is 0.322 e. The number of carbonyl (C=O) groups is 2. The average Bonchev–Trinajstić information content (AvgIpc) is 3.50. The minimum atomic E-state index is -0.423. The third kappa shape index (κ3) is 4.38. The number of methoxy groups -OCH3 is 1. The van der Waals surface area contributed by atoms with E-state index in [1.54, 1.807) is 7.11 Å². The molecule has 0 bridgehead atoms. The van der Waals surface area contributed by atoms with E-state index in [-0.39, 0.29) is 18.5 Å². The summed E-state index contributed by atoms with van der Waals surface area (Å²) in [5.74, 6) is 1.96. The molecule has 0 heterocycles. The number of esters is 1. The predicted octanol–water partition coefficient (Wildman–Crippen LogP) is 1.94. The maximum atomic E-state index is 12.6. The molecule has 0 aromatic heterocycles. The topological polar surface area (TPSA) is 64.6 Å². The largest absolute Gasteiger partial charge is 0.497 e. The minimum absolute atomic E-state index is 0.226. The molecule has 2 aliphatic carbocycles. The van der Waals surface area contributed by atoms with Crippen LogP contribution in [0.5, 0.6) is 5.75 Å². The standard InChI is InChI=1S/C18H23BNO4/c1-23-15-8-2-12(3-9-15)10-24-18(22)17(20-19-11-21)16(13-4-5-13)14-6-7-14/h2-3,8-9,11,13-14,16-17,20H,4-7,10H2,1H3/t17-/m1/s1. The van der Waals surface area contributed by atoms with E-state index in [0.717, 1.165) is 11.3 Å². The first-order chi connectivity index (χ1) is 11.7. The molecule has 0 spiro atoms. The van der Waals surface area contributed by atoms with E-state index in [0.29, 0.717) is 18.0 Å². The minimum Gasteiger partial charge on any atom is -0.497 e. The smallest absolute Gasteiger partial charge is 0.322 e. The fourth-order valence-corrected chi connectivity index (χ4v) is 3.34. The molecule has 2 aliphatic rings. The van der Waals surface area contributed by atoms with Gasteiger partial charge in [0.15, 0.2) is 0 Å². The molecule has 2 saturated carbocycles. The van der Waals surface area contributed by atoms with E-state index in [9.17, 15) is 9.59 Å². The number of hydrogen-bond acceptors (Lipinski definition) is 5. The molecule has 127 valence electrons. The lowest BCUT2D eigenvalue weighted by molar-refractivity contribution is -0.149. The zero-order valence-corrected chi connectivity index (χ0v) is 13.9.